The lowest BCUT2D eigenvalue weighted by Crippen LogP contribution is -2.57. The number of hydrogen-bond donors (Lipinski definition) is 0. The summed E-state index contributed by atoms with van der Waals surface area (Å²) in [5.41, 5.74) is 8.95. The van der Waals surface area contributed by atoms with Crippen molar-refractivity contribution in [1.29, 1.82) is 0 Å². The van der Waals surface area contributed by atoms with E-state index in [9.17, 15) is 4.79 Å². The van der Waals surface area contributed by atoms with Gasteiger partial charge in [-0.05, 0) is 67.7 Å². The van der Waals surface area contributed by atoms with Crippen LogP contribution in [0.3, 0.4) is 0 Å². The Kier molecular flexibility index (Phi) is 5.84. The Morgan fingerprint density at radius 3 is 2.50 bits per heavy atom. The van der Waals surface area contributed by atoms with Gasteiger partial charge < -0.3 is 14.2 Å². The summed E-state index contributed by atoms with van der Waals surface area (Å²) in [5.74, 6) is 0.878. The van der Waals surface area contributed by atoms with Crippen LogP contribution >= 0.6 is 0 Å². The summed E-state index contributed by atoms with van der Waals surface area (Å²) in [6, 6.07) is 0. The molecule has 7 nitrogen and oxygen atoms in total. The van der Waals surface area contributed by atoms with Crippen LogP contribution in [0.15, 0.2) is 5.11 Å². The molecule has 0 amide bonds. The van der Waals surface area contributed by atoms with Crippen molar-refractivity contribution in [2.24, 2.45) is 39.6 Å². The molecule has 0 aromatic heterocycles. The molecule has 0 aromatic rings. The second-order valence-electron chi connectivity index (χ2n) is 10.7. The van der Waals surface area contributed by atoms with E-state index in [2.05, 4.69) is 30.8 Å². The van der Waals surface area contributed by atoms with Crippen LogP contribution in [0.5, 0.6) is 0 Å². The van der Waals surface area contributed by atoms with Gasteiger partial charge in [0, 0.05) is 35.6 Å². The molecule has 0 bridgehead atoms. The monoisotopic (exact) mass is 419 g/mol. The first-order valence-corrected chi connectivity index (χ1v) is 11.7. The minimum atomic E-state index is -0.478. The Bertz CT molecular complexity index is 717. The van der Waals surface area contributed by atoms with Crippen molar-refractivity contribution in [3.05, 3.63) is 10.4 Å². The third kappa shape index (κ3) is 3.34. The molecular weight excluding hydrogens is 382 g/mol. The Morgan fingerprint density at radius 1 is 1.13 bits per heavy atom. The molecule has 3 saturated carbocycles. The fourth-order valence-electron chi connectivity index (χ4n) is 7.66. The lowest BCUT2D eigenvalue weighted by atomic mass is 9.50. The van der Waals surface area contributed by atoms with Gasteiger partial charge in [0.1, 0.15) is 6.10 Å². The molecule has 0 aromatic carbocycles. The molecule has 1 aliphatic heterocycles. The summed E-state index contributed by atoms with van der Waals surface area (Å²) in [7, 11) is 0. The number of esters is 1. The molecule has 30 heavy (non-hydrogen) atoms. The summed E-state index contributed by atoms with van der Waals surface area (Å²) in [5, 5.41) is 4.07. The van der Waals surface area contributed by atoms with E-state index in [0.717, 1.165) is 44.9 Å². The van der Waals surface area contributed by atoms with Crippen LogP contribution in [-0.2, 0) is 19.0 Å². The van der Waals surface area contributed by atoms with Crippen LogP contribution in [0.25, 0.3) is 10.4 Å². The van der Waals surface area contributed by atoms with Crippen LogP contribution in [0.2, 0.25) is 0 Å². The second-order valence-corrected chi connectivity index (χ2v) is 10.7. The van der Waals surface area contributed by atoms with Crippen LogP contribution in [0, 0.1) is 34.5 Å². The van der Waals surface area contributed by atoms with E-state index in [1.165, 1.54) is 6.92 Å². The first-order chi connectivity index (χ1) is 14.3. The Hall–Kier alpha value is -1.30. The number of hydrogen-bond acceptors (Lipinski definition) is 5. The highest BCUT2D eigenvalue weighted by Gasteiger charge is 2.66. The van der Waals surface area contributed by atoms with E-state index >= 15 is 0 Å². The van der Waals surface area contributed by atoms with Crippen molar-refractivity contribution in [2.45, 2.75) is 84.5 Å². The van der Waals surface area contributed by atoms with Crippen molar-refractivity contribution >= 4 is 5.97 Å². The second kappa shape index (κ2) is 7.99. The van der Waals surface area contributed by atoms with E-state index in [4.69, 9.17) is 19.7 Å². The number of carbonyl (C=O) groups is 1. The molecule has 0 radical (unpaired) electrons. The van der Waals surface area contributed by atoms with E-state index in [-0.39, 0.29) is 28.8 Å². The third-order valence-electron chi connectivity index (χ3n) is 9.27. The summed E-state index contributed by atoms with van der Waals surface area (Å²) >= 11 is 0. The van der Waals surface area contributed by atoms with Crippen LogP contribution < -0.4 is 0 Å². The number of fused-ring (bicyclic) bond motifs is 2. The smallest absolute Gasteiger partial charge is 0.302 e. The lowest BCUT2D eigenvalue weighted by molar-refractivity contribution is -0.244. The molecule has 4 rings (SSSR count). The van der Waals surface area contributed by atoms with Crippen LogP contribution in [0.1, 0.15) is 72.6 Å². The number of rotatable bonds is 4. The van der Waals surface area contributed by atoms with Gasteiger partial charge in [-0.15, -0.1) is 0 Å². The van der Waals surface area contributed by atoms with Gasteiger partial charge in [0.2, 0.25) is 0 Å². The van der Waals surface area contributed by atoms with Crippen molar-refractivity contribution in [3.8, 4) is 0 Å². The van der Waals surface area contributed by atoms with Gasteiger partial charge in [-0.3, -0.25) is 4.79 Å². The zero-order valence-corrected chi connectivity index (χ0v) is 18.9. The molecule has 7 heteroatoms. The normalized spacial score (nSPS) is 45.0. The molecule has 1 heterocycles. The van der Waals surface area contributed by atoms with Crippen molar-refractivity contribution in [1.82, 2.24) is 0 Å². The maximum Gasteiger partial charge on any atom is 0.302 e. The molecule has 3 aliphatic carbocycles. The number of carbonyl (C=O) groups excluding carboxylic acids is 1. The SMILES string of the molecule is CC(=O)O[C@H]1C[C@@H](C)CC[C@]1(C)C1CC[C@@]2(C)C(CCC23OCCO3)[C@@H]1CN=[N+]=[N-]. The highest BCUT2D eigenvalue weighted by Crippen LogP contribution is 2.66. The molecule has 2 unspecified atom stereocenters. The molecule has 0 N–H and O–H groups in total. The largest absolute Gasteiger partial charge is 0.462 e. The average molecular weight is 420 g/mol. The predicted octanol–water partition coefficient (Wildman–Crippen LogP) is 5.24. The van der Waals surface area contributed by atoms with Crippen molar-refractivity contribution in [2.75, 3.05) is 19.8 Å². The van der Waals surface area contributed by atoms with Gasteiger partial charge >= 0.3 is 5.97 Å². The molecule has 168 valence electrons. The van der Waals surface area contributed by atoms with E-state index < -0.39 is 5.79 Å². The first kappa shape index (κ1) is 21.9. The maximum absolute atomic E-state index is 11.9. The highest BCUT2D eigenvalue weighted by molar-refractivity contribution is 5.66. The van der Waals surface area contributed by atoms with E-state index in [1.807, 2.05) is 0 Å². The minimum absolute atomic E-state index is 0.0646. The van der Waals surface area contributed by atoms with Gasteiger partial charge in [-0.2, -0.15) is 0 Å². The fraction of sp³-hybridized carbons (Fsp3) is 0.957. The van der Waals surface area contributed by atoms with Gasteiger partial charge in [-0.25, -0.2) is 0 Å². The number of ether oxygens (including phenoxy) is 3. The Balaban J connectivity index is 1.67. The standard InChI is InChI=1S/C23H37N3O4/c1-15-5-8-21(3,20(13-15)30-16(2)27)18-6-9-22(4)19(17(18)14-25-26-24)7-10-23(22)28-11-12-29-23/h15,17-20H,5-14H2,1-4H3/t15-,17+,18?,19?,20-,21+,22-/m0/s1. The predicted molar refractivity (Wildman–Crippen MR) is 112 cm³/mol. The number of nitrogens with zero attached hydrogens (tertiary/aromatic N) is 3. The molecule has 1 spiro atoms. The number of azide groups is 1. The Labute approximate surface area is 179 Å². The quantitative estimate of drug-likeness (QED) is 0.269. The highest BCUT2D eigenvalue weighted by atomic mass is 16.7. The third-order valence-corrected chi connectivity index (χ3v) is 9.27. The Morgan fingerprint density at radius 2 is 1.83 bits per heavy atom. The van der Waals surface area contributed by atoms with Gasteiger partial charge in [-0.1, -0.05) is 25.9 Å². The minimum Gasteiger partial charge on any atom is -0.462 e. The van der Waals surface area contributed by atoms with Gasteiger partial charge in [0.25, 0.3) is 0 Å². The average Bonchev–Trinajstić information content (AvgIpc) is 3.29. The summed E-state index contributed by atoms with van der Waals surface area (Å²) in [6.07, 6.45) is 7.04. The van der Waals surface area contributed by atoms with Crippen molar-refractivity contribution < 1.29 is 19.0 Å². The molecule has 4 aliphatic rings. The van der Waals surface area contributed by atoms with Gasteiger partial charge in [0.05, 0.1) is 13.2 Å². The summed E-state index contributed by atoms with van der Waals surface area (Å²) in [4.78, 5) is 15.0. The molecule has 7 atom stereocenters. The first-order valence-electron chi connectivity index (χ1n) is 11.7. The van der Waals surface area contributed by atoms with Crippen LogP contribution in [0.4, 0.5) is 0 Å². The molecule has 4 fully saturated rings. The van der Waals surface area contributed by atoms with Gasteiger partial charge in [0.15, 0.2) is 5.79 Å². The van der Waals surface area contributed by atoms with E-state index in [1.54, 1.807) is 0 Å². The summed E-state index contributed by atoms with van der Waals surface area (Å²) in [6.45, 7) is 10.2. The topological polar surface area (TPSA) is 93.5 Å². The van der Waals surface area contributed by atoms with Crippen molar-refractivity contribution in [3.63, 3.8) is 0 Å². The zero-order chi connectivity index (χ0) is 21.6. The zero-order valence-electron chi connectivity index (χ0n) is 18.9. The maximum atomic E-state index is 11.9. The van der Waals surface area contributed by atoms with Crippen LogP contribution in [-0.4, -0.2) is 37.6 Å². The molecular formula is C23H37N3O4. The lowest BCUT2D eigenvalue weighted by Gasteiger charge is -2.57. The summed E-state index contributed by atoms with van der Waals surface area (Å²) < 4.78 is 18.4. The fourth-order valence-corrected chi connectivity index (χ4v) is 7.66. The van der Waals surface area contributed by atoms with E-state index in [0.29, 0.717) is 37.5 Å². The molecule has 1 saturated heterocycles.